The van der Waals surface area contributed by atoms with Crippen molar-refractivity contribution in [3.8, 4) is 0 Å². The average molecular weight is 218 g/mol. The molecule has 0 aliphatic carbocycles. The molecule has 4 nitrogen and oxygen atoms in total. The molecule has 1 N–H and O–H groups in total. The first kappa shape index (κ1) is 11.8. The number of hydrogen-bond acceptors (Lipinski definition) is 4. The van der Waals surface area contributed by atoms with E-state index in [1.54, 1.807) is 16.7 Å². The molecule has 14 heavy (non-hydrogen) atoms. The van der Waals surface area contributed by atoms with Gasteiger partial charge in [-0.1, -0.05) is 0 Å². The second-order valence-corrected chi connectivity index (χ2v) is 4.26. The number of nitrogens with zero attached hydrogens (tertiary/aromatic N) is 1. The third kappa shape index (κ3) is 3.48. The predicted octanol–water partition coefficient (Wildman–Crippen LogP) is 0.144. The molecule has 1 rings (SSSR count). The molecule has 0 radical (unpaired) electrons. The van der Waals surface area contributed by atoms with E-state index in [4.69, 9.17) is 4.74 Å². The highest BCUT2D eigenvalue weighted by molar-refractivity contribution is 7.99. The molecule has 1 saturated heterocycles. The lowest BCUT2D eigenvalue weighted by atomic mass is 10.3. The van der Waals surface area contributed by atoms with E-state index in [-0.39, 0.29) is 11.9 Å². The van der Waals surface area contributed by atoms with Crippen LogP contribution < -0.4 is 5.32 Å². The smallest absolute Gasteiger partial charge is 0.240 e. The van der Waals surface area contributed by atoms with Crippen LogP contribution >= 0.6 is 11.8 Å². The number of nitrogens with one attached hydrogen (secondary N) is 1. The van der Waals surface area contributed by atoms with Crippen LogP contribution in [0.5, 0.6) is 0 Å². The lowest BCUT2D eigenvalue weighted by molar-refractivity contribution is -0.132. The summed E-state index contributed by atoms with van der Waals surface area (Å²) in [4.78, 5) is 13.5. The fourth-order valence-corrected chi connectivity index (χ4v) is 2.21. The number of rotatable bonds is 5. The van der Waals surface area contributed by atoms with Crippen molar-refractivity contribution >= 4 is 17.7 Å². The Morgan fingerprint density at radius 3 is 3.07 bits per heavy atom. The van der Waals surface area contributed by atoms with Gasteiger partial charge >= 0.3 is 0 Å². The fourth-order valence-electron chi connectivity index (χ4n) is 1.28. The Kier molecular flexibility index (Phi) is 5.29. The van der Waals surface area contributed by atoms with Crippen LogP contribution in [0.1, 0.15) is 6.92 Å². The van der Waals surface area contributed by atoms with Crippen molar-refractivity contribution in [3.63, 3.8) is 0 Å². The molecule has 1 aliphatic rings. The summed E-state index contributed by atoms with van der Waals surface area (Å²) in [6.45, 7) is 3.96. The van der Waals surface area contributed by atoms with Crippen LogP contribution in [-0.2, 0) is 9.53 Å². The molecule has 1 fully saturated rings. The first-order valence-electron chi connectivity index (χ1n) is 4.89. The largest absolute Gasteiger partial charge is 0.380 e. The lowest BCUT2D eigenvalue weighted by Crippen LogP contribution is -2.44. The molecule has 82 valence electrons. The Labute approximate surface area is 89.4 Å². The Balaban J connectivity index is 2.21. The molecule has 0 aromatic carbocycles. The zero-order valence-corrected chi connectivity index (χ0v) is 9.60. The third-order valence-corrected chi connectivity index (χ3v) is 3.11. The second kappa shape index (κ2) is 6.27. The van der Waals surface area contributed by atoms with Crippen molar-refractivity contribution in [1.29, 1.82) is 0 Å². The number of amides is 1. The number of likely N-dealkylation sites (N-methyl/N-ethyl adjacent to an activating group) is 1. The van der Waals surface area contributed by atoms with E-state index in [0.717, 1.165) is 11.6 Å². The summed E-state index contributed by atoms with van der Waals surface area (Å²) in [5, 5.41) is 3.16. The molecule has 1 aliphatic heterocycles. The van der Waals surface area contributed by atoms with E-state index in [2.05, 4.69) is 5.32 Å². The quantitative estimate of drug-likeness (QED) is 0.667. The molecule has 1 unspecified atom stereocenters. The van der Waals surface area contributed by atoms with Gasteiger partial charge in [-0.15, -0.1) is 11.8 Å². The molecule has 1 heterocycles. The molecule has 5 heteroatoms. The molecule has 1 atom stereocenters. The molecule has 0 bridgehead atoms. The van der Waals surface area contributed by atoms with Crippen LogP contribution in [-0.4, -0.2) is 55.3 Å². The Morgan fingerprint density at radius 1 is 1.71 bits per heavy atom. The first-order valence-corrected chi connectivity index (χ1v) is 6.05. The maximum atomic E-state index is 11.7. The first-order chi connectivity index (χ1) is 6.75. The van der Waals surface area contributed by atoms with Gasteiger partial charge in [-0.3, -0.25) is 10.1 Å². The van der Waals surface area contributed by atoms with Crippen molar-refractivity contribution in [2.45, 2.75) is 13.0 Å². The average Bonchev–Trinajstić information content (AvgIpc) is 2.69. The molecular formula is C9H18N2O2S. The van der Waals surface area contributed by atoms with Gasteiger partial charge in [-0.2, -0.15) is 0 Å². The minimum Gasteiger partial charge on any atom is -0.380 e. The van der Waals surface area contributed by atoms with E-state index >= 15 is 0 Å². The second-order valence-electron chi connectivity index (χ2n) is 3.23. The van der Waals surface area contributed by atoms with Crippen LogP contribution in [0.4, 0.5) is 0 Å². The van der Waals surface area contributed by atoms with Crippen LogP contribution in [0.2, 0.25) is 0 Å². The van der Waals surface area contributed by atoms with Gasteiger partial charge in [0, 0.05) is 31.8 Å². The Morgan fingerprint density at radius 2 is 2.50 bits per heavy atom. The van der Waals surface area contributed by atoms with E-state index in [1.165, 1.54) is 0 Å². The highest BCUT2D eigenvalue weighted by Gasteiger charge is 2.24. The monoisotopic (exact) mass is 218 g/mol. The number of carbonyl (C=O) groups excluding carboxylic acids is 1. The summed E-state index contributed by atoms with van der Waals surface area (Å²) >= 11 is 1.77. The maximum absolute atomic E-state index is 11.7. The topological polar surface area (TPSA) is 41.6 Å². The lowest BCUT2D eigenvalue weighted by Gasteiger charge is -2.20. The highest BCUT2D eigenvalue weighted by Crippen LogP contribution is 2.11. The van der Waals surface area contributed by atoms with Gasteiger partial charge in [-0.05, 0) is 6.92 Å². The number of ether oxygens (including phenoxy) is 1. The van der Waals surface area contributed by atoms with Gasteiger partial charge in [-0.25, -0.2) is 0 Å². The summed E-state index contributed by atoms with van der Waals surface area (Å²) < 4.78 is 5.20. The van der Waals surface area contributed by atoms with E-state index < -0.39 is 0 Å². The van der Waals surface area contributed by atoms with Gasteiger partial charge in [0.15, 0.2) is 0 Å². The van der Waals surface area contributed by atoms with E-state index in [0.29, 0.717) is 19.8 Å². The third-order valence-electron chi connectivity index (χ3n) is 2.17. The van der Waals surface area contributed by atoms with Gasteiger partial charge in [0.2, 0.25) is 5.91 Å². The summed E-state index contributed by atoms with van der Waals surface area (Å²) in [6, 6.07) is 0.00614. The van der Waals surface area contributed by atoms with Gasteiger partial charge in [0.1, 0.15) is 0 Å². The van der Waals surface area contributed by atoms with Gasteiger partial charge in [0.05, 0.1) is 12.6 Å². The van der Waals surface area contributed by atoms with Crippen LogP contribution in [0.15, 0.2) is 0 Å². The predicted molar refractivity (Wildman–Crippen MR) is 58.4 cm³/mol. The van der Waals surface area contributed by atoms with Crippen molar-refractivity contribution in [2.75, 3.05) is 38.4 Å². The molecule has 1 amide bonds. The minimum atomic E-state index is 0.00614. The van der Waals surface area contributed by atoms with Crippen molar-refractivity contribution in [1.82, 2.24) is 10.2 Å². The molecule has 0 aromatic heterocycles. The van der Waals surface area contributed by atoms with Crippen molar-refractivity contribution < 1.29 is 9.53 Å². The normalized spacial score (nSPS) is 21.1. The SMILES string of the molecule is CCOCCN(C)C(=O)C1CSCN1. The minimum absolute atomic E-state index is 0.00614. The Hall–Kier alpha value is -0.260. The van der Waals surface area contributed by atoms with Crippen LogP contribution in [0, 0.1) is 0 Å². The summed E-state index contributed by atoms with van der Waals surface area (Å²) in [7, 11) is 1.83. The van der Waals surface area contributed by atoms with Crippen molar-refractivity contribution in [2.24, 2.45) is 0 Å². The molecule has 0 saturated carbocycles. The number of thioether (sulfide) groups is 1. The molecule has 0 spiro atoms. The van der Waals surface area contributed by atoms with E-state index in [1.807, 2.05) is 14.0 Å². The van der Waals surface area contributed by atoms with Gasteiger partial charge in [0.25, 0.3) is 0 Å². The summed E-state index contributed by atoms with van der Waals surface area (Å²) in [5.41, 5.74) is 0. The van der Waals surface area contributed by atoms with Gasteiger partial charge < -0.3 is 9.64 Å². The maximum Gasteiger partial charge on any atom is 0.240 e. The zero-order chi connectivity index (χ0) is 10.4. The molecule has 0 aromatic rings. The number of carbonyl (C=O) groups is 1. The van der Waals surface area contributed by atoms with Crippen LogP contribution in [0.25, 0.3) is 0 Å². The summed E-state index contributed by atoms with van der Waals surface area (Å²) in [5.74, 6) is 1.95. The number of hydrogen-bond donors (Lipinski definition) is 1. The van der Waals surface area contributed by atoms with Crippen molar-refractivity contribution in [3.05, 3.63) is 0 Å². The van der Waals surface area contributed by atoms with E-state index in [9.17, 15) is 4.79 Å². The van der Waals surface area contributed by atoms with Crippen LogP contribution in [0.3, 0.4) is 0 Å². The Bertz CT molecular complexity index is 184. The fraction of sp³-hybridized carbons (Fsp3) is 0.889. The standard InChI is InChI=1S/C9H18N2O2S/c1-3-13-5-4-11(2)9(12)8-6-14-7-10-8/h8,10H,3-7H2,1-2H3. The molecular weight excluding hydrogens is 200 g/mol. The zero-order valence-electron chi connectivity index (χ0n) is 8.78. The summed E-state index contributed by atoms with van der Waals surface area (Å²) in [6.07, 6.45) is 0. The highest BCUT2D eigenvalue weighted by atomic mass is 32.2.